The summed E-state index contributed by atoms with van der Waals surface area (Å²) in [5.41, 5.74) is 8.17. The summed E-state index contributed by atoms with van der Waals surface area (Å²) < 4.78 is 14.2. The molecule has 0 saturated heterocycles. The molecule has 2 aromatic rings. The summed E-state index contributed by atoms with van der Waals surface area (Å²) in [5, 5.41) is 0. The van der Waals surface area contributed by atoms with Crippen LogP contribution in [0.25, 0.3) is 0 Å². The van der Waals surface area contributed by atoms with Crippen molar-refractivity contribution in [2.45, 2.75) is 12.5 Å². The van der Waals surface area contributed by atoms with Gasteiger partial charge in [-0.3, -0.25) is 0 Å². The lowest BCUT2D eigenvalue weighted by Gasteiger charge is -2.21. The molecule has 0 amide bonds. The molecule has 0 spiro atoms. The van der Waals surface area contributed by atoms with E-state index >= 15 is 0 Å². The van der Waals surface area contributed by atoms with Crippen LogP contribution < -0.4 is 10.6 Å². The van der Waals surface area contributed by atoms with Crippen LogP contribution in [-0.2, 0) is 0 Å². The van der Waals surface area contributed by atoms with Gasteiger partial charge in [0.2, 0.25) is 0 Å². The lowest BCUT2D eigenvalue weighted by atomic mass is 10.0. The number of nitrogens with two attached hydrogens (primary N) is 1. The average Bonchev–Trinajstić information content (AvgIpc) is 2.45. The van der Waals surface area contributed by atoms with Gasteiger partial charge in [0, 0.05) is 29.8 Å². The quantitative estimate of drug-likeness (QED) is 0.889. The van der Waals surface area contributed by atoms with Crippen molar-refractivity contribution in [2.75, 3.05) is 18.5 Å². The zero-order valence-corrected chi connectivity index (χ0v) is 13.0. The SMILES string of the molecule is CN(CCC(N)c1ccc(Br)cc1)c1cccc(F)c1. The number of nitrogens with zero attached hydrogens (tertiary/aromatic N) is 1. The molecule has 20 heavy (non-hydrogen) atoms. The van der Waals surface area contributed by atoms with Gasteiger partial charge in [0.15, 0.2) is 0 Å². The Morgan fingerprint density at radius 1 is 1.20 bits per heavy atom. The molecule has 2 aromatic carbocycles. The van der Waals surface area contributed by atoms with Crippen LogP contribution in [0.4, 0.5) is 10.1 Å². The van der Waals surface area contributed by atoms with E-state index in [-0.39, 0.29) is 11.9 Å². The molecule has 0 aliphatic carbocycles. The minimum Gasteiger partial charge on any atom is -0.374 e. The Labute approximate surface area is 127 Å². The van der Waals surface area contributed by atoms with Crippen LogP contribution in [0.1, 0.15) is 18.0 Å². The Balaban J connectivity index is 1.93. The number of hydrogen-bond acceptors (Lipinski definition) is 2. The number of hydrogen-bond donors (Lipinski definition) is 1. The summed E-state index contributed by atoms with van der Waals surface area (Å²) in [7, 11) is 1.95. The normalized spacial score (nSPS) is 12.2. The molecule has 2 N–H and O–H groups in total. The largest absolute Gasteiger partial charge is 0.374 e. The van der Waals surface area contributed by atoms with Crippen LogP contribution in [0.15, 0.2) is 53.0 Å². The highest BCUT2D eigenvalue weighted by Crippen LogP contribution is 2.20. The van der Waals surface area contributed by atoms with E-state index in [2.05, 4.69) is 15.9 Å². The van der Waals surface area contributed by atoms with Gasteiger partial charge in [-0.2, -0.15) is 0 Å². The second-order valence-electron chi connectivity index (χ2n) is 4.85. The van der Waals surface area contributed by atoms with Crippen molar-refractivity contribution >= 4 is 21.6 Å². The van der Waals surface area contributed by atoms with E-state index in [1.165, 1.54) is 12.1 Å². The second kappa shape index (κ2) is 6.86. The fourth-order valence-electron chi connectivity index (χ4n) is 2.05. The maximum atomic E-state index is 13.2. The van der Waals surface area contributed by atoms with Crippen LogP contribution >= 0.6 is 15.9 Å². The first-order valence-corrected chi connectivity index (χ1v) is 7.33. The lowest BCUT2D eigenvalue weighted by molar-refractivity contribution is 0.623. The van der Waals surface area contributed by atoms with E-state index in [1.54, 1.807) is 6.07 Å². The van der Waals surface area contributed by atoms with Crippen molar-refractivity contribution in [1.29, 1.82) is 0 Å². The van der Waals surface area contributed by atoms with Gasteiger partial charge in [-0.25, -0.2) is 4.39 Å². The monoisotopic (exact) mass is 336 g/mol. The first-order valence-electron chi connectivity index (χ1n) is 6.54. The molecule has 1 unspecified atom stereocenters. The second-order valence-corrected chi connectivity index (χ2v) is 5.76. The minimum absolute atomic E-state index is 0.0147. The van der Waals surface area contributed by atoms with Gasteiger partial charge in [-0.05, 0) is 42.3 Å². The summed E-state index contributed by atoms with van der Waals surface area (Å²) in [6.45, 7) is 0.778. The number of halogens is 2. The van der Waals surface area contributed by atoms with Gasteiger partial charge >= 0.3 is 0 Å². The van der Waals surface area contributed by atoms with Crippen LogP contribution in [0.5, 0.6) is 0 Å². The third-order valence-corrected chi connectivity index (χ3v) is 3.85. The van der Waals surface area contributed by atoms with E-state index in [9.17, 15) is 4.39 Å². The van der Waals surface area contributed by atoms with Crippen LogP contribution in [0, 0.1) is 5.82 Å². The third-order valence-electron chi connectivity index (χ3n) is 3.32. The Hall–Kier alpha value is -1.39. The fourth-order valence-corrected chi connectivity index (χ4v) is 2.32. The van der Waals surface area contributed by atoms with Crippen LogP contribution in [0.2, 0.25) is 0 Å². The first kappa shape index (κ1) is 15.0. The standard InChI is InChI=1S/C16H18BrFN2/c1-20(15-4-2-3-14(18)11-15)10-9-16(19)12-5-7-13(17)8-6-12/h2-8,11,16H,9-10,19H2,1H3. The fraction of sp³-hybridized carbons (Fsp3) is 0.250. The molecular formula is C16H18BrFN2. The summed E-state index contributed by atoms with van der Waals surface area (Å²) in [5.74, 6) is -0.216. The van der Waals surface area contributed by atoms with E-state index in [1.807, 2.05) is 42.3 Å². The van der Waals surface area contributed by atoms with E-state index in [0.29, 0.717) is 0 Å². The molecule has 0 radical (unpaired) electrons. The minimum atomic E-state index is -0.216. The molecule has 106 valence electrons. The molecular weight excluding hydrogens is 319 g/mol. The summed E-state index contributed by atoms with van der Waals surface area (Å²) in [6.07, 6.45) is 0.814. The maximum Gasteiger partial charge on any atom is 0.125 e. The van der Waals surface area contributed by atoms with E-state index in [4.69, 9.17) is 5.73 Å². The zero-order valence-electron chi connectivity index (χ0n) is 11.4. The Kier molecular flexibility index (Phi) is 5.15. The smallest absolute Gasteiger partial charge is 0.125 e. The predicted molar refractivity (Wildman–Crippen MR) is 85.4 cm³/mol. The predicted octanol–water partition coefficient (Wildman–Crippen LogP) is 4.11. The van der Waals surface area contributed by atoms with Crippen LogP contribution in [-0.4, -0.2) is 13.6 Å². The highest BCUT2D eigenvalue weighted by Gasteiger charge is 2.08. The Morgan fingerprint density at radius 2 is 1.90 bits per heavy atom. The van der Waals surface area contributed by atoms with Gasteiger partial charge in [0.25, 0.3) is 0 Å². The van der Waals surface area contributed by atoms with Gasteiger partial charge in [-0.1, -0.05) is 34.1 Å². The highest BCUT2D eigenvalue weighted by molar-refractivity contribution is 9.10. The Bertz CT molecular complexity index is 557. The molecule has 0 saturated carbocycles. The van der Waals surface area contributed by atoms with E-state index < -0.39 is 0 Å². The highest BCUT2D eigenvalue weighted by atomic mass is 79.9. The molecule has 0 aliphatic rings. The van der Waals surface area contributed by atoms with E-state index in [0.717, 1.165) is 28.7 Å². The van der Waals surface area contributed by atoms with Gasteiger partial charge in [0.05, 0.1) is 0 Å². The van der Waals surface area contributed by atoms with Crippen molar-refractivity contribution in [3.05, 3.63) is 64.4 Å². The first-order chi connectivity index (χ1) is 9.56. The molecule has 0 fully saturated rings. The molecule has 2 nitrogen and oxygen atoms in total. The van der Waals surface area contributed by atoms with Gasteiger partial charge < -0.3 is 10.6 Å². The number of benzene rings is 2. The van der Waals surface area contributed by atoms with Crippen molar-refractivity contribution in [1.82, 2.24) is 0 Å². The number of anilines is 1. The summed E-state index contributed by atoms with van der Waals surface area (Å²) >= 11 is 3.41. The summed E-state index contributed by atoms with van der Waals surface area (Å²) in [4.78, 5) is 2.02. The third kappa shape index (κ3) is 4.05. The molecule has 0 aromatic heterocycles. The lowest BCUT2D eigenvalue weighted by Crippen LogP contribution is -2.23. The van der Waals surface area contributed by atoms with Crippen LogP contribution in [0.3, 0.4) is 0 Å². The van der Waals surface area contributed by atoms with Gasteiger partial charge in [-0.15, -0.1) is 0 Å². The zero-order chi connectivity index (χ0) is 14.5. The molecule has 2 rings (SSSR count). The molecule has 4 heteroatoms. The number of rotatable bonds is 5. The Morgan fingerprint density at radius 3 is 2.55 bits per heavy atom. The molecule has 0 bridgehead atoms. The topological polar surface area (TPSA) is 29.3 Å². The van der Waals surface area contributed by atoms with Crippen molar-refractivity contribution < 1.29 is 4.39 Å². The molecule has 0 aliphatic heterocycles. The van der Waals surface area contributed by atoms with Crippen molar-refractivity contribution in [3.8, 4) is 0 Å². The van der Waals surface area contributed by atoms with Crippen molar-refractivity contribution in [3.63, 3.8) is 0 Å². The van der Waals surface area contributed by atoms with Gasteiger partial charge in [0.1, 0.15) is 5.82 Å². The summed E-state index contributed by atoms with van der Waals surface area (Å²) in [6, 6.07) is 14.6. The molecule has 0 heterocycles. The average molecular weight is 337 g/mol. The molecule has 1 atom stereocenters. The van der Waals surface area contributed by atoms with Crippen molar-refractivity contribution in [2.24, 2.45) is 5.73 Å². The maximum absolute atomic E-state index is 13.2.